The van der Waals surface area contributed by atoms with Crippen LogP contribution in [0.15, 0.2) is 30.9 Å². The van der Waals surface area contributed by atoms with Crippen LogP contribution in [-0.4, -0.2) is 84.6 Å². The molecule has 288 valence electrons. The number of fused-ring (bicyclic) bond motifs is 3. The van der Waals surface area contributed by atoms with Crippen molar-refractivity contribution in [2.75, 3.05) is 13.2 Å². The Morgan fingerprint density at radius 1 is 1.06 bits per heavy atom. The third-order valence-electron chi connectivity index (χ3n) is 12.4. The molecule has 1 aromatic rings. The first kappa shape index (κ1) is 37.4. The van der Waals surface area contributed by atoms with Crippen molar-refractivity contribution >= 4 is 39.8 Å². The summed E-state index contributed by atoms with van der Waals surface area (Å²) in [6.07, 6.45) is 6.06. The summed E-state index contributed by atoms with van der Waals surface area (Å²) >= 11 is 0. The summed E-state index contributed by atoms with van der Waals surface area (Å²) in [6.45, 7) is 8.76. The number of carbonyl (C=O) groups is 5. The number of hydrogen-bond acceptors (Lipinski definition) is 9. The van der Waals surface area contributed by atoms with E-state index in [0.29, 0.717) is 38.8 Å². The van der Waals surface area contributed by atoms with Gasteiger partial charge in [-0.05, 0) is 85.3 Å². The zero-order valence-corrected chi connectivity index (χ0v) is 31.6. The molecule has 4 bridgehead atoms. The lowest BCUT2D eigenvalue weighted by Crippen LogP contribution is -2.55. The molecule has 3 saturated carbocycles. The predicted molar refractivity (Wildman–Crippen MR) is 193 cm³/mol. The lowest BCUT2D eigenvalue weighted by Gasteiger charge is -2.32. The molecule has 3 aliphatic heterocycles. The van der Waals surface area contributed by atoms with Crippen molar-refractivity contribution in [3.8, 4) is 0 Å². The van der Waals surface area contributed by atoms with Crippen LogP contribution in [0.3, 0.4) is 0 Å². The van der Waals surface area contributed by atoms with E-state index in [2.05, 4.69) is 22.7 Å². The molecule has 7 rings (SSSR count). The van der Waals surface area contributed by atoms with E-state index in [1.54, 1.807) is 11.0 Å². The number of hydrogen-bond donors (Lipinski definition) is 2. The molecule has 13 nitrogen and oxygen atoms in total. The fraction of sp³-hybridized carbons (Fsp3) is 0.667. The van der Waals surface area contributed by atoms with Crippen LogP contribution in [0.5, 0.6) is 0 Å². The lowest BCUT2D eigenvalue weighted by atomic mass is 9.86. The van der Waals surface area contributed by atoms with Gasteiger partial charge < -0.3 is 19.7 Å². The zero-order chi connectivity index (χ0) is 37.7. The average Bonchev–Trinajstić information content (AvgIpc) is 3.89. The Balaban J connectivity index is 1.17. The Bertz CT molecular complexity index is 1790. The number of Topliss-reactive ketones (excluding diaryl/α,β-unsaturated/α-hetero) is 1. The van der Waals surface area contributed by atoms with Crippen LogP contribution in [-0.2, 0) is 53.4 Å². The highest BCUT2D eigenvalue weighted by Gasteiger charge is 2.61. The van der Waals surface area contributed by atoms with Gasteiger partial charge in [0.15, 0.2) is 5.78 Å². The highest BCUT2D eigenvalue weighted by Crippen LogP contribution is 2.57. The molecular formula is C39H52N4O9S. The summed E-state index contributed by atoms with van der Waals surface area (Å²) in [6, 6.07) is 4.06. The predicted octanol–water partition coefficient (Wildman–Crippen LogP) is 4.52. The monoisotopic (exact) mass is 752 g/mol. The van der Waals surface area contributed by atoms with Crippen molar-refractivity contribution in [3.05, 3.63) is 47.5 Å². The van der Waals surface area contributed by atoms with Crippen molar-refractivity contribution in [2.45, 2.75) is 127 Å². The quantitative estimate of drug-likeness (QED) is 0.363. The average molecular weight is 753 g/mol. The van der Waals surface area contributed by atoms with Gasteiger partial charge >= 0.3 is 12.2 Å². The smallest absolute Gasteiger partial charge is 0.410 e. The van der Waals surface area contributed by atoms with Gasteiger partial charge in [0.1, 0.15) is 12.1 Å². The summed E-state index contributed by atoms with van der Waals surface area (Å²) in [5, 5.41) is 2.24. The normalized spacial score (nSPS) is 30.7. The zero-order valence-electron chi connectivity index (χ0n) is 30.8. The van der Waals surface area contributed by atoms with Crippen molar-refractivity contribution in [1.29, 1.82) is 0 Å². The van der Waals surface area contributed by atoms with E-state index < -0.39 is 74.6 Å². The molecular weight excluding hydrogens is 701 g/mol. The van der Waals surface area contributed by atoms with Gasteiger partial charge in [-0.25, -0.2) is 18.0 Å². The number of benzene rings is 1. The number of sulfonamides is 1. The van der Waals surface area contributed by atoms with E-state index >= 15 is 0 Å². The molecule has 53 heavy (non-hydrogen) atoms. The molecule has 0 aromatic heterocycles. The van der Waals surface area contributed by atoms with Crippen molar-refractivity contribution in [3.63, 3.8) is 0 Å². The number of amides is 4. The van der Waals surface area contributed by atoms with E-state index in [9.17, 15) is 32.4 Å². The first-order valence-electron chi connectivity index (χ1n) is 19.2. The van der Waals surface area contributed by atoms with E-state index in [0.717, 1.165) is 48.8 Å². The number of carbonyl (C=O) groups excluding carboxylic acids is 5. The van der Waals surface area contributed by atoms with E-state index in [4.69, 9.17) is 9.47 Å². The van der Waals surface area contributed by atoms with Gasteiger partial charge in [0, 0.05) is 25.9 Å². The Morgan fingerprint density at radius 3 is 2.49 bits per heavy atom. The lowest BCUT2D eigenvalue weighted by molar-refractivity contribution is -0.141. The van der Waals surface area contributed by atoms with Gasteiger partial charge in [0.05, 0.1) is 29.9 Å². The fourth-order valence-corrected chi connectivity index (χ4v) is 10.3. The van der Waals surface area contributed by atoms with Crippen LogP contribution in [0.2, 0.25) is 0 Å². The third-order valence-corrected chi connectivity index (χ3v) is 14.2. The van der Waals surface area contributed by atoms with Crippen LogP contribution in [0.1, 0.15) is 101 Å². The van der Waals surface area contributed by atoms with Crippen molar-refractivity contribution < 1.29 is 41.9 Å². The number of allylic oxidation sites excluding steroid dienone is 1. The first-order chi connectivity index (χ1) is 25.2. The first-order valence-corrected chi connectivity index (χ1v) is 20.7. The minimum absolute atomic E-state index is 0.00913. The number of rotatable bonds is 8. The second kappa shape index (κ2) is 14.4. The van der Waals surface area contributed by atoms with E-state index in [1.165, 1.54) is 4.90 Å². The van der Waals surface area contributed by atoms with Gasteiger partial charge in [-0.2, -0.15) is 0 Å². The number of ether oxygens (including phenoxy) is 2. The van der Waals surface area contributed by atoms with Crippen LogP contribution in [0.4, 0.5) is 9.59 Å². The number of nitrogens with zero attached hydrogens (tertiary/aromatic N) is 2. The van der Waals surface area contributed by atoms with Gasteiger partial charge in [0.25, 0.3) is 0 Å². The number of cyclic esters (lactones) is 1. The second-order valence-electron chi connectivity index (χ2n) is 16.9. The molecule has 3 aliphatic carbocycles. The molecule has 5 atom stereocenters. The van der Waals surface area contributed by atoms with Crippen LogP contribution >= 0.6 is 0 Å². The molecule has 4 fully saturated rings. The maximum absolute atomic E-state index is 14.6. The second-order valence-corrected chi connectivity index (χ2v) is 18.9. The molecule has 6 aliphatic rings. The SMILES string of the molecule is C=C[C@@H]1C[C@]1(CC(=O)[C@@H]1C[C@@H]2CN1C(=O)[C@H](C1CCCC1)NC(=O)OCC(C)(C)CCCc1cccc3c1CN(C3)C(=O)O2)C(=O)NS(=O)(=O)C1CC1. The van der Waals surface area contributed by atoms with Crippen LogP contribution < -0.4 is 10.0 Å². The van der Waals surface area contributed by atoms with Crippen molar-refractivity contribution in [2.24, 2.45) is 22.7 Å². The number of aryl methyl sites for hydroxylation is 1. The summed E-state index contributed by atoms with van der Waals surface area (Å²) < 4.78 is 39.4. The maximum Gasteiger partial charge on any atom is 0.410 e. The molecule has 1 aromatic carbocycles. The topological polar surface area (TPSA) is 168 Å². The summed E-state index contributed by atoms with van der Waals surface area (Å²) in [7, 11) is -3.86. The maximum atomic E-state index is 14.6. The van der Waals surface area contributed by atoms with E-state index in [1.807, 2.05) is 26.0 Å². The fourth-order valence-electron chi connectivity index (χ4n) is 8.92. The highest BCUT2D eigenvalue weighted by molar-refractivity contribution is 7.90. The largest absolute Gasteiger partial charge is 0.449 e. The molecule has 14 heteroatoms. The molecule has 4 amide bonds. The van der Waals surface area contributed by atoms with Gasteiger partial charge in [-0.1, -0.05) is 51.0 Å². The Hall–Kier alpha value is -3.94. The van der Waals surface area contributed by atoms with Gasteiger partial charge in [0.2, 0.25) is 21.8 Å². The highest BCUT2D eigenvalue weighted by atomic mass is 32.2. The Morgan fingerprint density at radius 2 is 1.79 bits per heavy atom. The van der Waals surface area contributed by atoms with Crippen molar-refractivity contribution in [1.82, 2.24) is 19.8 Å². The minimum atomic E-state index is -3.86. The molecule has 1 saturated heterocycles. The standard InChI is InChI=1S/C39H52N4O9S/c1-4-27-18-39(27,35(46)41-53(49,50)29-14-15-29)19-32(44)31-17-28-21-43(31)34(45)33(25-9-5-6-10-25)40-36(47)51-23-38(2,3)16-8-13-24-11-7-12-26-20-42(22-30(24)26)37(48)52-28/h4,7,11-12,25,27-29,31,33H,1,5-6,8-10,13-23H2,2-3H3,(H,40,47)(H,41,46)/t27-,28-,31+,33+,39-/m1/s1. The van der Waals surface area contributed by atoms with Gasteiger partial charge in [-0.15, -0.1) is 6.58 Å². The molecule has 0 spiro atoms. The summed E-state index contributed by atoms with van der Waals surface area (Å²) in [4.78, 5) is 72.6. The molecule has 3 heterocycles. The van der Waals surface area contributed by atoms with Gasteiger partial charge in [-0.3, -0.25) is 24.0 Å². The van der Waals surface area contributed by atoms with Crippen LogP contribution in [0.25, 0.3) is 0 Å². The molecule has 0 radical (unpaired) electrons. The van der Waals surface area contributed by atoms with Crippen LogP contribution in [0, 0.1) is 22.7 Å². The molecule has 0 unspecified atom stereocenters. The summed E-state index contributed by atoms with van der Waals surface area (Å²) in [5.41, 5.74) is 1.67. The number of nitrogens with one attached hydrogen (secondary N) is 2. The summed E-state index contributed by atoms with van der Waals surface area (Å²) in [5.74, 6) is -2.23. The Labute approximate surface area is 311 Å². The number of alkyl carbamates (subject to hydrolysis) is 1. The van der Waals surface area contributed by atoms with E-state index in [-0.39, 0.29) is 43.7 Å². The Kier molecular flexibility index (Phi) is 10.1. The number of ketones is 1. The minimum Gasteiger partial charge on any atom is -0.449 e. The molecule has 2 N–H and O–H groups in total. The third kappa shape index (κ3) is 7.84.